The minimum absolute atomic E-state index is 0.233. The van der Waals surface area contributed by atoms with Crippen LogP contribution in [0.15, 0.2) is 24.3 Å². The molecule has 4 nitrogen and oxygen atoms in total. The summed E-state index contributed by atoms with van der Waals surface area (Å²) in [6, 6.07) is 7.90. The zero-order valence-electron chi connectivity index (χ0n) is 11.2. The first-order chi connectivity index (χ1) is 9.22. The van der Waals surface area contributed by atoms with Crippen LogP contribution in [0.5, 0.6) is 11.5 Å². The van der Waals surface area contributed by atoms with Crippen molar-refractivity contribution in [1.29, 1.82) is 0 Å². The van der Waals surface area contributed by atoms with Gasteiger partial charge in [-0.05, 0) is 31.5 Å². The minimum atomic E-state index is 0.233. The number of nitrogens with two attached hydrogens (primary N) is 1. The molecule has 1 atom stereocenters. The molecule has 0 saturated carbocycles. The lowest BCUT2D eigenvalue weighted by molar-refractivity contribution is 0.216. The van der Waals surface area contributed by atoms with Crippen LogP contribution in [-0.2, 0) is 0 Å². The number of ether oxygens (including phenoxy) is 2. The Labute approximate surface area is 119 Å². The second-order valence-electron chi connectivity index (χ2n) is 4.60. The average molecular weight is 280 g/mol. The van der Waals surface area contributed by atoms with E-state index in [4.69, 9.17) is 27.4 Å². The summed E-state index contributed by atoms with van der Waals surface area (Å²) in [5.41, 5.74) is 5.75. The maximum Gasteiger partial charge on any atom is 0.161 e. The number of hydrogen-bond donors (Lipinski definition) is 1. The van der Waals surface area contributed by atoms with Crippen LogP contribution in [0.4, 0.5) is 0 Å². The number of methoxy groups -OCH3 is 1. The van der Waals surface area contributed by atoms with Gasteiger partial charge in [-0.1, -0.05) is 24.4 Å². The lowest BCUT2D eigenvalue weighted by atomic mass is 10.2. The Morgan fingerprint density at radius 3 is 2.84 bits per heavy atom. The van der Waals surface area contributed by atoms with E-state index in [0.717, 1.165) is 37.4 Å². The van der Waals surface area contributed by atoms with Crippen molar-refractivity contribution in [1.82, 2.24) is 4.90 Å². The summed E-state index contributed by atoms with van der Waals surface area (Å²) in [5, 5.41) is 0. The van der Waals surface area contributed by atoms with E-state index < -0.39 is 0 Å². The Kier molecular flexibility index (Phi) is 4.99. The third-order valence-electron chi connectivity index (χ3n) is 3.40. The number of rotatable bonds is 6. The van der Waals surface area contributed by atoms with Gasteiger partial charge in [0.1, 0.15) is 6.61 Å². The zero-order valence-corrected chi connectivity index (χ0v) is 12.0. The molecule has 1 aliphatic heterocycles. The molecule has 0 bridgehead atoms. The van der Waals surface area contributed by atoms with Crippen molar-refractivity contribution in [3.63, 3.8) is 0 Å². The third kappa shape index (κ3) is 3.58. The van der Waals surface area contributed by atoms with Gasteiger partial charge in [0.2, 0.25) is 0 Å². The maximum absolute atomic E-state index is 5.77. The summed E-state index contributed by atoms with van der Waals surface area (Å²) >= 11 is 5.09. The van der Waals surface area contributed by atoms with Crippen LogP contribution in [0.3, 0.4) is 0 Å². The quantitative estimate of drug-likeness (QED) is 0.806. The molecule has 1 saturated heterocycles. The molecule has 19 heavy (non-hydrogen) atoms. The standard InChI is InChI=1S/C14H20N2O2S/c1-17-12-6-2-3-7-13(12)18-10-9-16-8-4-5-11(16)14(15)19/h2-3,6-7,11H,4-5,8-10H2,1H3,(H2,15,19). The fourth-order valence-electron chi connectivity index (χ4n) is 2.43. The van der Waals surface area contributed by atoms with Crippen molar-refractivity contribution in [2.24, 2.45) is 5.73 Å². The molecular weight excluding hydrogens is 260 g/mol. The van der Waals surface area contributed by atoms with Crippen LogP contribution in [-0.4, -0.2) is 42.7 Å². The van der Waals surface area contributed by atoms with Crippen LogP contribution in [0.1, 0.15) is 12.8 Å². The van der Waals surface area contributed by atoms with Crippen molar-refractivity contribution in [2.45, 2.75) is 18.9 Å². The lowest BCUT2D eigenvalue weighted by Crippen LogP contribution is -2.41. The van der Waals surface area contributed by atoms with E-state index in [0.29, 0.717) is 11.6 Å². The van der Waals surface area contributed by atoms with Crippen LogP contribution in [0.2, 0.25) is 0 Å². The Morgan fingerprint density at radius 1 is 1.42 bits per heavy atom. The van der Waals surface area contributed by atoms with Crippen LogP contribution < -0.4 is 15.2 Å². The summed E-state index contributed by atoms with van der Waals surface area (Å²) in [7, 11) is 1.64. The van der Waals surface area contributed by atoms with Gasteiger partial charge in [-0.15, -0.1) is 0 Å². The maximum atomic E-state index is 5.77. The number of benzene rings is 1. The van der Waals surface area contributed by atoms with Crippen molar-refractivity contribution < 1.29 is 9.47 Å². The SMILES string of the molecule is COc1ccccc1OCCN1CCCC1C(N)=S. The molecule has 1 aromatic carbocycles. The van der Waals surface area contributed by atoms with Gasteiger partial charge in [0.15, 0.2) is 11.5 Å². The molecule has 2 N–H and O–H groups in total. The summed E-state index contributed by atoms with van der Waals surface area (Å²) in [5.74, 6) is 1.53. The van der Waals surface area contributed by atoms with Gasteiger partial charge in [0.25, 0.3) is 0 Å². The molecule has 1 aromatic rings. The van der Waals surface area contributed by atoms with Crippen LogP contribution in [0.25, 0.3) is 0 Å². The van der Waals surface area contributed by atoms with E-state index in [2.05, 4.69) is 4.90 Å². The molecule has 0 spiro atoms. The molecule has 1 unspecified atom stereocenters. The summed E-state index contributed by atoms with van der Waals surface area (Å²) in [6.45, 7) is 2.48. The zero-order chi connectivity index (χ0) is 13.7. The van der Waals surface area contributed by atoms with Gasteiger partial charge < -0.3 is 15.2 Å². The number of thiocarbonyl (C=S) groups is 1. The predicted octanol–water partition coefficient (Wildman–Crippen LogP) is 1.82. The smallest absolute Gasteiger partial charge is 0.161 e. The second kappa shape index (κ2) is 6.73. The first-order valence-corrected chi connectivity index (χ1v) is 6.92. The summed E-state index contributed by atoms with van der Waals surface area (Å²) in [6.07, 6.45) is 2.21. The monoisotopic (exact) mass is 280 g/mol. The molecule has 1 heterocycles. The Hall–Kier alpha value is -1.33. The fourth-order valence-corrected chi connectivity index (χ4v) is 2.69. The molecule has 1 aliphatic rings. The van der Waals surface area contributed by atoms with Gasteiger partial charge in [0, 0.05) is 6.54 Å². The van der Waals surface area contributed by atoms with E-state index in [1.807, 2.05) is 24.3 Å². The average Bonchev–Trinajstić information content (AvgIpc) is 2.88. The molecule has 2 rings (SSSR count). The van der Waals surface area contributed by atoms with E-state index >= 15 is 0 Å². The highest BCUT2D eigenvalue weighted by atomic mass is 32.1. The van der Waals surface area contributed by atoms with Crippen LogP contribution in [0, 0.1) is 0 Å². The summed E-state index contributed by atoms with van der Waals surface area (Å²) in [4.78, 5) is 2.88. The van der Waals surface area contributed by atoms with Gasteiger partial charge in [-0.25, -0.2) is 0 Å². The molecule has 0 aromatic heterocycles. The molecule has 5 heteroatoms. The molecule has 104 valence electrons. The number of para-hydroxylation sites is 2. The van der Waals surface area contributed by atoms with Crippen molar-refractivity contribution in [2.75, 3.05) is 26.8 Å². The van der Waals surface area contributed by atoms with Crippen molar-refractivity contribution in [3.05, 3.63) is 24.3 Å². The highest BCUT2D eigenvalue weighted by Crippen LogP contribution is 2.26. The van der Waals surface area contributed by atoms with Crippen molar-refractivity contribution in [3.8, 4) is 11.5 Å². The first kappa shape index (κ1) is 14.1. The predicted molar refractivity (Wildman–Crippen MR) is 79.9 cm³/mol. The summed E-state index contributed by atoms with van der Waals surface area (Å²) < 4.78 is 11.0. The normalized spacial score (nSPS) is 19.3. The van der Waals surface area contributed by atoms with E-state index in [-0.39, 0.29) is 6.04 Å². The number of likely N-dealkylation sites (tertiary alicyclic amines) is 1. The van der Waals surface area contributed by atoms with Gasteiger partial charge in [0.05, 0.1) is 18.1 Å². The largest absolute Gasteiger partial charge is 0.493 e. The van der Waals surface area contributed by atoms with Gasteiger partial charge >= 0.3 is 0 Å². The Bertz CT molecular complexity index is 439. The third-order valence-corrected chi connectivity index (χ3v) is 3.67. The van der Waals surface area contributed by atoms with E-state index in [1.165, 1.54) is 0 Å². The van der Waals surface area contributed by atoms with Gasteiger partial charge in [-0.2, -0.15) is 0 Å². The molecule has 0 radical (unpaired) electrons. The molecular formula is C14H20N2O2S. The Morgan fingerprint density at radius 2 is 2.16 bits per heavy atom. The number of hydrogen-bond acceptors (Lipinski definition) is 4. The van der Waals surface area contributed by atoms with Crippen molar-refractivity contribution >= 4 is 17.2 Å². The van der Waals surface area contributed by atoms with Gasteiger partial charge in [-0.3, -0.25) is 4.90 Å². The van der Waals surface area contributed by atoms with Crippen LogP contribution >= 0.6 is 12.2 Å². The fraction of sp³-hybridized carbons (Fsp3) is 0.500. The molecule has 0 amide bonds. The lowest BCUT2D eigenvalue weighted by Gasteiger charge is -2.23. The van der Waals surface area contributed by atoms with E-state index in [9.17, 15) is 0 Å². The molecule has 0 aliphatic carbocycles. The topological polar surface area (TPSA) is 47.7 Å². The first-order valence-electron chi connectivity index (χ1n) is 6.51. The second-order valence-corrected chi connectivity index (χ2v) is 5.07. The minimum Gasteiger partial charge on any atom is -0.493 e. The highest BCUT2D eigenvalue weighted by molar-refractivity contribution is 7.80. The highest BCUT2D eigenvalue weighted by Gasteiger charge is 2.26. The van der Waals surface area contributed by atoms with E-state index in [1.54, 1.807) is 7.11 Å². The number of nitrogens with zero attached hydrogens (tertiary/aromatic N) is 1. The molecule has 1 fully saturated rings. The Balaban J connectivity index is 1.85.